The summed E-state index contributed by atoms with van der Waals surface area (Å²) < 4.78 is 2.47. The summed E-state index contributed by atoms with van der Waals surface area (Å²) in [5.74, 6) is 0. The number of hydrogen-bond acceptors (Lipinski definition) is 2. The first-order valence-electron chi connectivity index (χ1n) is 5.34. The van der Waals surface area contributed by atoms with Crippen LogP contribution in [0.2, 0.25) is 0 Å². The van der Waals surface area contributed by atoms with E-state index in [0.717, 1.165) is 6.42 Å². The molecule has 1 N–H and O–H groups in total. The molecule has 0 fully saturated rings. The topological polar surface area (TPSA) is 12.0 Å². The molecule has 17 heavy (non-hydrogen) atoms. The van der Waals surface area contributed by atoms with Crippen molar-refractivity contribution in [2.75, 3.05) is 7.05 Å². The summed E-state index contributed by atoms with van der Waals surface area (Å²) in [5.41, 5.74) is 2.72. The van der Waals surface area contributed by atoms with Crippen molar-refractivity contribution in [1.29, 1.82) is 0 Å². The van der Waals surface area contributed by atoms with E-state index in [1.54, 1.807) is 11.3 Å². The third kappa shape index (κ3) is 3.77. The van der Waals surface area contributed by atoms with Crippen molar-refractivity contribution in [3.63, 3.8) is 0 Å². The minimum absolute atomic E-state index is 0.387. The highest BCUT2D eigenvalue weighted by molar-refractivity contribution is 14.1. The molecular formula is C13H13BrINS. The van der Waals surface area contributed by atoms with Crippen LogP contribution in [0, 0.1) is 3.57 Å². The number of hydrogen-bond donors (Lipinski definition) is 1. The van der Waals surface area contributed by atoms with Crippen LogP contribution < -0.4 is 5.32 Å². The molecule has 0 amide bonds. The second-order valence-electron chi connectivity index (χ2n) is 3.86. The van der Waals surface area contributed by atoms with E-state index in [2.05, 4.69) is 79.5 Å². The Balaban J connectivity index is 2.12. The van der Waals surface area contributed by atoms with Crippen LogP contribution >= 0.6 is 49.9 Å². The van der Waals surface area contributed by atoms with Gasteiger partial charge in [0, 0.05) is 9.61 Å². The number of rotatable bonds is 4. The Morgan fingerprint density at radius 1 is 1.35 bits per heavy atom. The van der Waals surface area contributed by atoms with E-state index in [9.17, 15) is 0 Å². The van der Waals surface area contributed by atoms with Gasteiger partial charge in [0.15, 0.2) is 0 Å². The molecule has 1 aromatic heterocycles. The van der Waals surface area contributed by atoms with Crippen LogP contribution in [0.25, 0.3) is 0 Å². The van der Waals surface area contributed by atoms with Crippen molar-refractivity contribution in [2.45, 2.75) is 12.5 Å². The fraction of sp³-hybridized carbons (Fsp3) is 0.231. The van der Waals surface area contributed by atoms with E-state index < -0.39 is 0 Å². The van der Waals surface area contributed by atoms with Crippen molar-refractivity contribution < 1.29 is 0 Å². The van der Waals surface area contributed by atoms with Gasteiger partial charge in [0.1, 0.15) is 0 Å². The third-order valence-corrected chi connectivity index (χ3v) is 4.93. The molecular weight excluding hydrogens is 409 g/mol. The van der Waals surface area contributed by atoms with Gasteiger partial charge in [0.05, 0.1) is 3.79 Å². The second-order valence-corrected chi connectivity index (χ2v) is 7.39. The zero-order valence-corrected chi connectivity index (χ0v) is 14.0. The minimum Gasteiger partial charge on any atom is -0.313 e. The highest BCUT2D eigenvalue weighted by Crippen LogP contribution is 2.27. The monoisotopic (exact) mass is 421 g/mol. The van der Waals surface area contributed by atoms with Crippen LogP contribution in [0.3, 0.4) is 0 Å². The first kappa shape index (κ1) is 13.5. The predicted molar refractivity (Wildman–Crippen MR) is 86.7 cm³/mol. The van der Waals surface area contributed by atoms with E-state index in [4.69, 9.17) is 0 Å². The van der Waals surface area contributed by atoms with Gasteiger partial charge < -0.3 is 5.32 Å². The first-order valence-corrected chi connectivity index (χ1v) is 8.10. The van der Waals surface area contributed by atoms with Gasteiger partial charge in [-0.25, -0.2) is 0 Å². The molecule has 0 saturated carbocycles. The lowest BCUT2D eigenvalue weighted by Crippen LogP contribution is -2.18. The molecule has 0 saturated heterocycles. The van der Waals surface area contributed by atoms with Gasteiger partial charge in [-0.2, -0.15) is 0 Å². The van der Waals surface area contributed by atoms with Crippen LogP contribution in [0.5, 0.6) is 0 Å². The molecule has 1 aromatic carbocycles. The third-order valence-electron chi connectivity index (χ3n) is 2.69. The molecule has 0 aliphatic carbocycles. The summed E-state index contributed by atoms with van der Waals surface area (Å²) in [6.45, 7) is 0. The molecule has 0 spiro atoms. The Labute approximate surface area is 128 Å². The van der Waals surface area contributed by atoms with Crippen LogP contribution in [0.1, 0.15) is 17.2 Å². The number of thiophene rings is 1. The SMILES string of the molecule is CNC(Cc1ccc(I)cc1)c1csc(Br)c1. The van der Waals surface area contributed by atoms with Crippen molar-refractivity contribution >= 4 is 49.9 Å². The summed E-state index contributed by atoms with van der Waals surface area (Å²) in [7, 11) is 2.02. The maximum absolute atomic E-state index is 3.51. The minimum atomic E-state index is 0.387. The van der Waals surface area contributed by atoms with Gasteiger partial charge in [-0.15, -0.1) is 11.3 Å². The molecule has 0 aliphatic heterocycles. The van der Waals surface area contributed by atoms with Crippen molar-refractivity contribution in [3.8, 4) is 0 Å². The van der Waals surface area contributed by atoms with Crippen LogP contribution in [0.15, 0.2) is 39.5 Å². The highest BCUT2D eigenvalue weighted by atomic mass is 127. The smallest absolute Gasteiger partial charge is 0.0701 e. The number of nitrogens with one attached hydrogen (secondary N) is 1. The van der Waals surface area contributed by atoms with E-state index >= 15 is 0 Å². The van der Waals surface area contributed by atoms with E-state index in [-0.39, 0.29) is 0 Å². The predicted octanol–water partition coefficient (Wildman–Crippen LogP) is 4.62. The maximum Gasteiger partial charge on any atom is 0.0701 e. The molecule has 1 unspecified atom stereocenters. The van der Waals surface area contributed by atoms with Crippen LogP contribution in [0.4, 0.5) is 0 Å². The molecule has 1 nitrogen and oxygen atoms in total. The van der Waals surface area contributed by atoms with E-state index in [0.29, 0.717) is 6.04 Å². The molecule has 4 heteroatoms. The number of halogens is 2. The van der Waals surface area contributed by atoms with Crippen molar-refractivity contribution in [2.24, 2.45) is 0 Å². The number of benzene rings is 1. The average molecular weight is 422 g/mol. The molecule has 2 rings (SSSR count). The Bertz CT molecular complexity index is 480. The van der Waals surface area contributed by atoms with Crippen LogP contribution in [-0.4, -0.2) is 7.05 Å². The van der Waals surface area contributed by atoms with Gasteiger partial charge in [0.25, 0.3) is 0 Å². The molecule has 90 valence electrons. The zero-order valence-electron chi connectivity index (χ0n) is 9.41. The average Bonchev–Trinajstić information content (AvgIpc) is 2.75. The number of likely N-dealkylation sites (N-methyl/N-ethyl adjacent to an activating group) is 1. The molecule has 0 bridgehead atoms. The van der Waals surface area contributed by atoms with Crippen molar-refractivity contribution in [1.82, 2.24) is 5.32 Å². The Morgan fingerprint density at radius 2 is 2.06 bits per heavy atom. The summed E-state index contributed by atoms with van der Waals surface area (Å²) in [5, 5.41) is 5.59. The molecule has 2 aromatic rings. The lowest BCUT2D eigenvalue weighted by Gasteiger charge is -2.15. The Kier molecular flexibility index (Phi) is 5.02. The zero-order chi connectivity index (χ0) is 12.3. The van der Waals surface area contributed by atoms with Gasteiger partial charge in [0.2, 0.25) is 0 Å². The lowest BCUT2D eigenvalue weighted by atomic mass is 10.0. The second kappa shape index (κ2) is 6.31. The van der Waals surface area contributed by atoms with Gasteiger partial charge in [-0.1, -0.05) is 12.1 Å². The Morgan fingerprint density at radius 3 is 2.59 bits per heavy atom. The molecule has 1 heterocycles. The molecule has 0 radical (unpaired) electrons. The highest BCUT2D eigenvalue weighted by Gasteiger charge is 2.11. The quantitative estimate of drug-likeness (QED) is 0.710. The van der Waals surface area contributed by atoms with Crippen molar-refractivity contribution in [3.05, 3.63) is 54.2 Å². The standard InChI is InChI=1S/C13H13BrINS/c1-16-12(10-7-13(14)17-8-10)6-9-2-4-11(15)5-3-9/h2-5,7-8,12,16H,6H2,1H3. The first-order chi connectivity index (χ1) is 8.19. The lowest BCUT2D eigenvalue weighted by molar-refractivity contribution is 0.594. The molecule has 1 atom stereocenters. The van der Waals surface area contributed by atoms with Crippen LogP contribution in [-0.2, 0) is 6.42 Å². The fourth-order valence-electron chi connectivity index (χ4n) is 1.75. The van der Waals surface area contributed by atoms with Gasteiger partial charge in [-0.05, 0) is 86.7 Å². The summed E-state index contributed by atoms with van der Waals surface area (Å²) in [4.78, 5) is 0. The summed E-state index contributed by atoms with van der Waals surface area (Å²) in [6.07, 6.45) is 1.02. The normalized spacial score (nSPS) is 12.6. The molecule has 0 aliphatic rings. The largest absolute Gasteiger partial charge is 0.313 e. The summed E-state index contributed by atoms with van der Waals surface area (Å²) >= 11 is 7.59. The van der Waals surface area contributed by atoms with E-state index in [1.165, 1.54) is 18.5 Å². The fourth-order valence-corrected chi connectivity index (χ4v) is 3.34. The van der Waals surface area contributed by atoms with Gasteiger partial charge in [-0.3, -0.25) is 0 Å². The van der Waals surface area contributed by atoms with Gasteiger partial charge >= 0.3 is 0 Å². The summed E-state index contributed by atoms with van der Waals surface area (Å²) in [6, 6.07) is 11.3. The maximum atomic E-state index is 3.51. The Hall–Kier alpha value is 0.0900. The van der Waals surface area contributed by atoms with E-state index in [1.807, 2.05) is 7.05 Å².